The Bertz CT molecular complexity index is 988. The van der Waals surface area contributed by atoms with Crippen LogP contribution < -0.4 is 15.2 Å². The molecule has 158 valence electrons. The third kappa shape index (κ3) is 5.85. The van der Waals surface area contributed by atoms with Gasteiger partial charge in [0.25, 0.3) is 0 Å². The third-order valence-corrected chi connectivity index (χ3v) is 5.54. The van der Waals surface area contributed by atoms with Crippen LogP contribution in [-0.4, -0.2) is 63.3 Å². The fourth-order valence-corrected chi connectivity index (χ4v) is 3.70. The second-order valence-electron chi connectivity index (χ2n) is 7.52. The lowest BCUT2D eigenvalue weighted by Crippen LogP contribution is -2.47. The SMILES string of the molecule is C=C(OC)/C(CN1CCN(C/C=C/c2cccc(OC)c2)CC1)=c1/ccccc1=C. The van der Waals surface area contributed by atoms with E-state index in [-0.39, 0.29) is 0 Å². The van der Waals surface area contributed by atoms with Crippen LogP contribution in [0, 0.1) is 0 Å². The summed E-state index contributed by atoms with van der Waals surface area (Å²) < 4.78 is 10.8. The van der Waals surface area contributed by atoms with Gasteiger partial charge in [-0.05, 0) is 28.1 Å². The number of nitrogens with zero attached hydrogens (tertiary/aromatic N) is 2. The minimum atomic E-state index is 0.717. The van der Waals surface area contributed by atoms with E-state index < -0.39 is 0 Å². The highest BCUT2D eigenvalue weighted by molar-refractivity contribution is 5.62. The molecule has 0 radical (unpaired) electrons. The summed E-state index contributed by atoms with van der Waals surface area (Å²) in [5.74, 6) is 1.61. The summed E-state index contributed by atoms with van der Waals surface area (Å²) in [6, 6.07) is 16.3. The van der Waals surface area contributed by atoms with Gasteiger partial charge in [-0.3, -0.25) is 9.80 Å². The van der Waals surface area contributed by atoms with Crippen molar-refractivity contribution in [2.45, 2.75) is 0 Å². The molecule has 0 spiro atoms. The van der Waals surface area contributed by atoms with Gasteiger partial charge in [0, 0.05) is 44.8 Å². The first kappa shape index (κ1) is 21.9. The molecule has 3 rings (SSSR count). The zero-order valence-corrected chi connectivity index (χ0v) is 18.1. The molecule has 1 saturated heterocycles. The molecule has 2 aromatic rings. The lowest BCUT2D eigenvalue weighted by molar-refractivity contribution is 0.154. The van der Waals surface area contributed by atoms with Gasteiger partial charge in [0.2, 0.25) is 0 Å². The Morgan fingerprint density at radius 2 is 1.73 bits per heavy atom. The van der Waals surface area contributed by atoms with Crippen molar-refractivity contribution in [3.8, 4) is 5.75 Å². The van der Waals surface area contributed by atoms with Crippen LogP contribution in [-0.2, 0) is 4.74 Å². The van der Waals surface area contributed by atoms with E-state index in [1.54, 1.807) is 14.2 Å². The van der Waals surface area contributed by atoms with Gasteiger partial charge in [-0.2, -0.15) is 0 Å². The topological polar surface area (TPSA) is 24.9 Å². The molecule has 0 saturated carbocycles. The molecule has 0 amide bonds. The van der Waals surface area contributed by atoms with E-state index in [1.807, 2.05) is 30.3 Å². The molecule has 2 aromatic carbocycles. The predicted molar refractivity (Wildman–Crippen MR) is 126 cm³/mol. The van der Waals surface area contributed by atoms with Crippen LogP contribution in [0.1, 0.15) is 5.56 Å². The molecule has 1 heterocycles. The van der Waals surface area contributed by atoms with Gasteiger partial charge in [0.15, 0.2) is 0 Å². The van der Waals surface area contributed by atoms with Gasteiger partial charge in [-0.25, -0.2) is 0 Å². The summed E-state index contributed by atoms with van der Waals surface area (Å²) in [5, 5.41) is 2.13. The van der Waals surface area contributed by atoms with E-state index in [2.05, 4.69) is 53.3 Å². The van der Waals surface area contributed by atoms with Crippen molar-refractivity contribution in [1.82, 2.24) is 9.80 Å². The molecule has 4 nitrogen and oxygen atoms in total. The molecular weight excluding hydrogens is 372 g/mol. The maximum Gasteiger partial charge on any atom is 0.119 e. The fourth-order valence-electron chi connectivity index (χ4n) is 3.70. The van der Waals surface area contributed by atoms with Crippen LogP contribution in [0.4, 0.5) is 0 Å². The molecule has 30 heavy (non-hydrogen) atoms. The first-order valence-corrected chi connectivity index (χ1v) is 10.4. The Morgan fingerprint density at radius 1 is 1.00 bits per heavy atom. The molecule has 1 fully saturated rings. The maximum absolute atomic E-state index is 5.48. The Kier molecular flexibility index (Phi) is 7.89. The normalized spacial score (nSPS) is 16.5. The predicted octanol–water partition coefficient (Wildman–Crippen LogP) is 2.75. The van der Waals surface area contributed by atoms with Gasteiger partial charge in [-0.15, -0.1) is 0 Å². The van der Waals surface area contributed by atoms with Crippen molar-refractivity contribution in [3.05, 3.63) is 82.9 Å². The van der Waals surface area contributed by atoms with E-state index in [4.69, 9.17) is 9.47 Å². The van der Waals surface area contributed by atoms with Crippen molar-refractivity contribution in [2.75, 3.05) is 53.5 Å². The maximum atomic E-state index is 5.48. The minimum absolute atomic E-state index is 0.717. The molecule has 0 unspecified atom stereocenters. The summed E-state index contributed by atoms with van der Waals surface area (Å²) in [4.78, 5) is 4.95. The molecule has 0 bridgehead atoms. The van der Waals surface area contributed by atoms with Crippen LogP contribution in [0.5, 0.6) is 5.75 Å². The van der Waals surface area contributed by atoms with Crippen molar-refractivity contribution >= 4 is 18.2 Å². The van der Waals surface area contributed by atoms with Gasteiger partial charge in [0.1, 0.15) is 11.5 Å². The molecular formula is C26H32N2O2. The van der Waals surface area contributed by atoms with Gasteiger partial charge < -0.3 is 9.47 Å². The van der Waals surface area contributed by atoms with Crippen molar-refractivity contribution in [3.63, 3.8) is 0 Å². The number of piperazine rings is 1. The van der Waals surface area contributed by atoms with E-state index in [0.29, 0.717) is 0 Å². The Hall–Kier alpha value is -2.82. The minimum Gasteiger partial charge on any atom is -0.497 e. The highest BCUT2D eigenvalue weighted by Gasteiger charge is 2.18. The number of benzene rings is 2. The highest BCUT2D eigenvalue weighted by atomic mass is 16.5. The standard InChI is InChI=1S/C26H32N2O2/c1-21-9-5-6-13-25(21)26(22(2)29-3)20-28-17-15-27(16-18-28)14-8-11-23-10-7-12-24(19-23)30-4/h5-13,19H,1-2,14-18,20H2,3-4H3/b11-8+,26-25-. The number of methoxy groups -OCH3 is 2. The Morgan fingerprint density at radius 3 is 2.43 bits per heavy atom. The van der Waals surface area contributed by atoms with E-state index >= 15 is 0 Å². The second-order valence-corrected chi connectivity index (χ2v) is 7.52. The van der Waals surface area contributed by atoms with Gasteiger partial charge in [0.05, 0.1) is 14.2 Å². The van der Waals surface area contributed by atoms with Gasteiger partial charge >= 0.3 is 0 Å². The van der Waals surface area contributed by atoms with Crippen LogP contribution in [0.15, 0.2) is 66.9 Å². The molecule has 4 heteroatoms. The summed E-state index contributed by atoms with van der Waals surface area (Å²) in [6.07, 6.45) is 4.39. The lowest BCUT2D eigenvalue weighted by atomic mass is 10.1. The number of hydrogen-bond acceptors (Lipinski definition) is 4. The first-order chi connectivity index (χ1) is 14.6. The number of rotatable bonds is 8. The van der Waals surface area contributed by atoms with E-state index in [9.17, 15) is 0 Å². The summed E-state index contributed by atoms with van der Waals surface area (Å²) in [6.45, 7) is 14.2. The second kappa shape index (κ2) is 10.8. The Balaban J connectivity index is 1.57. The van der Waals surface area contributed by atoms with Gasteiger partial charge in [-0.1, -0.05) is 61.7 Å². The van der Waals surface area contributed by atoms with Crippen LogP contribution in [0.3, 0.4) is 0 Å². The molecule has 0 aliphatic carbocycles. The zero-order valence-electron chi connectivity index (χ0n) is 18.1. The van der Waals surface area contributed by atoms with Crippen LogP contribution in [0.25, 0.3) is 18.2 Å². The third-order valence-electron chi connectivity index (χ3n) is 5.54. The van der Waals surface area contributed by atoms with E-state index in [1.165, 1.54) is 0 Å². The van der Waals surface area contributed by atoms with Crippen molar-refractivity contribution in [1.29, 1.82) is 0 Å². The lowest BCUT2D eigenvalue weighted by Gasteiger charge is -2.34. The quantitative estimate of drug-likeness (QED) is 0.632. The number of ether oxygens (including phenoxy) is 2. The molecule has 0 N–H and O–H groups in total. The highest BCUT2D eigenvalue weighted by Crippen LogP contribution is 2.15. The zero-order chi connectivity index (χ0) is 21.3. The fraction of sp³-hybridized carbons (Fsp3) is 0.308. The first-order valence-electron chi connectivity index (χ1n) is 10.4. The average molecular weight is 405 g/mol. The summed E-state index contributed by atoms with van der Waals surface area (Å²) in [7, 11) is 3.38. The largest absolute Gasteiger partial charge is 0.497 e. The van der Waals surface area contributed by atoms with Crippen LogP contribution >= 0.6 is 0 Å². The van der Waals surface area contributed by atoms with E-state index in [0.717, 1.165) is 72.4 Å². The number of hydrogen-bond donors (Lipinski definition) is 0. The summed E-state index contributed by atoms with van der Waals surface area (Å²) in [5.41, 5.74) is 2.28. The summed E-state index contributed by atoms with van der Waals surface area (Å²) >= 11 is 0. The smallest absolute Gasteiger partial charge is 0.119 e. The van der Waals surface area contributed by atoms with Crippen LogP contribution in [0.2, 0.25) is 0 Å². The average Bonchev–Trinajstić information content (AvgIpc) is 2.78. The molecule has 1 aliphatic heterocycles. The molecule has 0 atom stereocenters. The monoisotopic (exact) mass is 404 g/mol. The molecule has 0 aromatic heterocycles. The van der Waals surface area contributed by atoms with Crippen molar-refractivity contribution < 1.29 is 9.47 Å². The Labute approximate surface area is 180 Å². The van der Waals surface area contributed by atoms with Crippen molar-refractivity contribution in [2.24, 2.45) is 0 Å². The molecule has 1 aliphatic rings.